The Morgan fingerprint density at radius 2 is 1.94 bits per heavy atom. The van der Waals surface area contributed by atoms with E-state index in [9.17, 15) is 13.2 Å². The van der Waals surface area contributed by atoms with Gasteiger partial charge in [-0.15, -0.1) is 11.3 Å². The zero-order valence-corrected chi connectivity index (χ0v) is 19.1. The summed E-state index contributed by atoms with van der Waals surface area (Å²) in [6, 6.07) is 13.5. The Hall–Kier alpha value is -2.45. The summed E-state index contributed by atoms with van der Waals surface area (Å²) in [5.41, 5.74) is 3.24. The molecule has 0 saturated carbocycles. The standard InChI is InChI=1S/C23H25N3O3S2/c1-31(28,29)26-14-6-7-16-15-17(11-12-19(16)26)23(27)25-13-5-4-9-20(25)22-24-18-8-2-3-10-21(18)30-22/h2-3,8,10-12,15,20H,4-7,9,13-14H2,1H3. The summed E-state index contributed by atoms with van der Waals surface area (Å²) < 4.78 is 26.9. The Kier molecular flexibility index (Phi) is 5.22. The number of nitrogens with zero attached hydrogens (tertiary/aromatic N) is 3. The van der Waals surface area contributed by atoms with Crippen LogP contribution in [0.3, 0.4) is 0 Å². The number of likely N-dealkylation sites (tertiary alicyclic amines) is 1. The van der Waals surface area contributed by atoms with Gasteiger partial charge < -0.3 is 4.90 Å². The molecule has 8 heteroatoms. The summed E-state index contributed by atoms with van der Waals surface area (Å²) in [6.07, 6.45) is 5.76. The van der Waals surface area contributed by atoms with E-state index >= 15 is 0 Å². The molecule has 2 aromatic carbocycles. The molecule has 1 unspecified atom stereocenters. The molecule has 0 radical (unpaired) electrons. The number of carbonyl (C=O) groups is 1. The largest absolute Gasteiger partial charge is 0.329 e. The van der Waals surface area contributed by atoms with Crippen molar-refractivity contribution in [2.24, 2.45) is 0 Å². The van der Waals surface area contributed by atoms with Gasteiger partial charge >= 0.3 is 0 Å². The van der Waals surface area contributed by atoms with Crippen molar-refractivity contribution in [2.75, 3.05) is 23.7 Å². The lowest BCUT2D eigenvalue weighted by Gasteiger charge is -2.35. The zero-order valence-electron chi connectivity index (χ0n) is 17.5. The van der Waals surface area contributed by atoms with E-state index in [4.69, 9.17) is 4.98 Å². The average Bonchev–Trinajstić information content (AvgIpc) is 3.21. The molecule has 6 nitrogen and oxygen atoms in total. The fourth-order valence-corrected chi connectivity index (χ4v) is 6.78. The minimum atomic E-state index is -3.32. The average molecular weight is 456 g/mol. The van der Waals surface area contributed by atoms with E-state index in [1.165, 1.54) is 10.6 Å². The van der Waals surface area contributed by atoms with Crippen LogP contribution in [-0.4, -0.2) is 43.6 Å². The molecule has 2 aliphatic rings. The second kappa shape index (κ2) is 7.91. The van der Waals surface area contributed by atoms with Gasteiger partial charge in [0.1, 0.15) is 5.01 Å². The van der Waals surface area contributed by atoms with Gasteiger partial charge in [-0.25, -0.2) is 13.4 Å². The number of hydrogen-bond acceptors (Lipinski definition) is 5. The molecule has 5 rings (SSSR count). The van der Waals surface area contributed by atoms with Crippen molar-refractivity contribution in [1.29, 1.82) is 0 Å². The highest BCUT2D eigenvalue weighted by Crippen LogP contribution is 2.37. The van der Waals surface area contributed by atoms with Crippen LogP contribution in [-0.2, 0) is 16.4 Å². The third kappa shape index (κ3) is 3.83. The van der Waals surface area contributed by atoms with E-state index < -0.39 is 10.0 Å². The van der Waals surface area contributed by atoms with Crippen molar-refractivity contribution in [3.63, 3.8) is 0 Å². The third-order valence-corrected chi connectivity index (χ3v) is 8.48. The van der Waals surface area contributed by atoms with Gasteiger partial charge in [-0.1, -0.05) is 12.1 Å². The van der Waals surface area contributed by atoms with Crippen LogP contribution in [0.15, 0.2) is 42.5 Å². The number of anilines is 1. The molecule has 1 atom stereocenters. The molecule has 31 heavy (non-hydrogen) atoms. The molecule has 1 aromatic heterocycles. The SMILES string of the molecule is CS(=O)(=O)N1CCCc2cc(C(=O)N3CCCCC3c3nc4ccccc4s3)ccc21. The number of rotatable bonds is 3. The molecule has 0 spiro atoms. The van der Waals surface area contributed by atoms with Crippen molar-refractivity contribution < 1.29 is 13.2 Å². The van der Waals surface area contributed by atoms with Crippen LogP contribution < -0.4 is 4.31 Å². The molecule has 0 aliphatic carbocycles. The Bertz CT molecular complexity index is 1220. The maximum atomic E-state index is 13.5. The smallest absolute Gasteiger partial charge is 0.254 e. The minimum absolute atomic E-state index is 0.00300. The van der Waals surface area contributed by atoms with E-state index in [2.05, 4.69) is 6.07 Å². The van der Waals surface area contributed by atoms with Gasteiger partial charge in [0, 0.05) is 18.7 Å². The third-order valence-electron chi connectivity index (χ3n) is 6.16. The first-order valence-corrected chi connectivity index (χ1v) is 13.4. The molecular weight excluding hydrogens is 430 g/mol. The van der Waals surface area contributed by atoms with Crippen molar-refractivity contribution in [2.45, 2.75) is 38.1 Å². The van der Waals surface area contributed by atoms with Gasteiger partial charge in [0.15, 0.2) is 0 Å². The Morgan fingerprint density at radius 1 is 1.10 bits per heavy atom. The summed E-state index contributed by atoms with van der Waals surface area (Å²) in [6.45, 7) is 1.21. The predicted molar refractivity (Wildman–Crippen MR) is 124 cm³/mol. The molecule has 0 bridgehead atoms. The van der Waals surface area contributed by atoms with Crippen LogP contribution in [0.2, 0.25) is 0 Å². The second-order valence-corrected chi connectivity index (χ2v) is 11.3. The number of thiazole rings is 1. The topological polar surface area (TPSA) is 70.6 Å². The fraction of sp³-hybridized carbons (Fsp3) is 0.391. The summed E-state index contributed by atoms with van der Waals surface area (Å²) in [4.78, 5) is 20.3. The van der Waals surface area contributed by atoms with E-state index in [0.29, 0.717) is 24.3 Å². The molecule has 2 aliphatic heterocycles. The number of piperidine rings is 1. The monoisotopic (exact) mass is 455 g/mol. The highest BCUT2D eigenvalue weighted by atomic mass is 32.2. The lowest BCUT2D eigenvalue weighted by molar-refractivity contribution is 0.0611. The number of para-hydroxylation sites is 1. The highest BCUT2D eigenvalue weighted by molar-refractivity contribution is 7.92. The quantitative estimate of drug-likeness (QED) is 0.588. The number of fused-ring (bicyclic) bond motifs is 2. The molecule has 1 saturated heterocycles. The Labute approximate surface area is 186 Å². The molecular formula is C23H25N3O3S2. The summed E-state index contributed by atoms with van der Waals surface area (Å²) in [7, 11) is -3.32. The summed E-state index contributed by atoms with van der Waals surface area (Å²) in [5, 5.41) is 0.996. The van der Waals surface area contributed by atoms with Crippen LogP contribution >= 0.6 is 11.3 Å². The van der Waals surface area contributed by atoms with Crippen molar-refractivity contribution in [1.82, 2.24) is 9.88 Å². The molecule has 1 fully saturated rings. The van der Waals surface area contributed by atoms with Crippen LogP contribution in [0.1, 0.15) is 52.7 Å². The highest BCUT2D eigenvalue weighted by Gasteiger charge is 2.32. The van der Waals surface area contributed by atoms with Crippen molar-refractivity contribution >= 4 is 43.2 Å². The molecule has 3 heterocycles. The maximum absolute atomic E-state index is 13.5. The van der Waals surface area contributed by atoms with Crippen LogP contribution in [0.4, 0.5) is 5.69 Å². The van der Waals surface area contributed by atoms with Crippen LogP contribution in [0.25, 0.3) is 10.2 Å². The molecule has 3 aromatic rings. The fourth-order valence-electron chi connectivity index (χ4n) is 4.67. The van der Waals surface area contributed by atoms with Crippen LogP contribution in [0, 0.1) is 0 Å². The Morgan fingerprint density at radius 3 is 2.74 bits per heavy atom. The lowest BCUT2D eigenvalue weighted by Crippen LogP contribution is -2.39. The number of aryl methyl sites for hydroxylation is 1. The number of carbonyl (C=O) groups excluding carboxylic acids is 1. The molecule has 1 amide bonds. The van der Waals surface area contributed by atoms with E-state index in [1.54, 1.807) is 23.5 Å². The maximum Gasteiger partial charge on any atom is 0.254 e. The van der Waals surface area contributed by atoms with Gasteiger partial charge in [-0.05, 0) is 68.0 Å². The Balaban J connectivity index is 1.47. The summed E-state index contributed by atoms with van der Waals surface area (Å²) >= 11 is 1.67. The van der Waals surface area contributed by atoms with Gasteiger partial charge in [-0.3, -0.25) is 9.10 Å². The van der Waals surface area contributed by atoms with E-state index in [1.807, 2.05) is 29.2 Å². The first-order valence-electron chi connectivity index (χ1n) is 10.7. The summed E-state index contributed by atoms with van der Waals surface area (Å²) in [5.74, 6) is 0.00300. The number of hydrogen-bond donors (Lipinski definition) is 0. The first kappa shape index (κ1) is 20.5. The van der Waals surface area contributed by atoms with Crippen molar-refractivity contribution in [3.05, 3.63) is 58.6 Å². The van der Waals surface area contributed by atoms with E-state index in [-0.39, 0.29) is 11.9 Å². The normalized spacial score (nSPS) is 19.5. The molecule has 162 valence electrons. The zero-order chi connectivity index (χ0) is 21.6. The van der Waals surface area contributed by atoms with Crippen molar-refractivity contribution in [3.8, 4) is 0 Å². The first-order chi connectivity index (χ1) is 14.9. The number of sulfonamides is 1. The second-order valence-electron chi connectivity index (χ2n) is 8.31. The number of amides is 1. The molecule has 0 N–H and O–H groups in total. The van der Waals surface area contributed by atoms with Gasteiger partial charge in [-0.2, -0.15) is 0 Å². The number of benzene rings is 2. The van der Waals surface area contributed by atoms with E-state index in [0.717, 1.165) is 52.9 Å². The van der Waals surface area contributed by atoms with Gasteiger partial charge in [0.05, 0.1) is 28.2 Å². The van der Waals surface area contributed by atoms with Gasteiger partial charge in [0.2, 0.25) is 10.0 Å². The minimum Gasteiger partial charge on any atom is -0.329 e. The lowest BCUT2D eigenvalue weighted by atomic mass is 9.98. The number of aromatic nitrogens is 1. The van der Waals surface area contributed by atoms with Crippen LogP contribution in [0.5, 0.6) is 0 Å². The van der Waals surface area contributed by atoms with Gasteiger partial charge in [0.25, 0.3) is 5.91 Å². The predicted octanol–water partition coefficient (Wildman–Crippen LogP) is 4.38.